The normalized spacial score (nSPS) is 10.7. The number of halogens is 1. The summed E-state index contributed by atoms with van der Waals surface area (Å²) in [7, 11) is 1.83. The van der Waals surface area contributed by atoms with Crippen molar-refractivity contribution in [2.45, 2.75) is 13.5 Å². The maximum Gasteiger partial charge on any atom is 0.248 e. The highest BCUT2D eigenvalue weighted by molar-refractivity contribution is 6.30. The molecule has 0 radical (unpaired) electrons. The van der Waals surface area contributed by atoms with Crippen LogP contribution in [-0.4, -0.2) is 17.2 Å². The van der Waals surface area contributed by atoms with Gasteiger partial charge in [0.25, 0.3) is 0 Å². The van der Waals surface area contributed by atoms with E-state index in [1.54, 1.807) is 0 Å². The van der Waals surface area contributed by atoms with Gasteiger partial charge in [-0.25, -0.2) is 0 Å². The Morgan fingerprint density at radius 1 is 1.38 bits per heavy atom. The molecule has 0 saturated heterocycles. The highest BCUT2D eigenvalue weighted by Gasteiger charge is 2.10. The molecule has 0 saturated carbocycles. The van der Waals surface area contributed by atoms with Crippen LogP contribution in [0.3, 0.4) is 0 Å². The molecule has 1 aromatic carbocycles. The first kappa shape index (κ1) is 11.1. The van der Waals surface area contributed by atoms with Crippen molar-refractivity contribution in [3.63, 3.8) is 0 Å². The predicted molar refractivity (Wildman–Crippen MR) is 62.2 cm³/mol. The number of rotatable bonds is 3. The van der Waals surface area contributed by atoms with Crippen LogP contribution >= 0.6 is 11.6 Å². The summed E-state index contributed by atoms with van der Waals surface area (Å²) in [5.41, 5.74) is 1.94. The molecule has 4 nitrogen and oxygen atoms in total. The molecule has 0 aliphatic rings. The van der Waals surface area contributed by atoms with Gasteiger partial charge in [-0.15, -0.1) is 10.2 Å². The van der Waals surface area contributed by atoms with Gasteiger partial charge in [0.05, 0.1) is 6.54 Å². The van der Waals surface area contributed by atoms with E-state index >= 15 is 0 Å². The Morgan fingerprint density at radius 2 is 2.19 bits per heavy atom. The number of nitrogens with zero attached hydrogens (tertiary/aromatic N) is 2. The van der Waals surface area contributed by atoms with Crippen LogP contribution in [0.5, 0.6) is 0 Å². The first-order valence-electron chi connectivity index (χ1n) is 4.94. The molecule has 1 aromatic heterocycles. The summed E-state index contributed by atoms with van der Waals surface area (Å²) in [5.74, 6) is 1.07. The fourth-order valence-corrected chi connectivity index (χ4v) is 1.58. The van der Waals surface area contributed by atoms with Crippen molar-refractivity contribution < 1.29 is 4.42 Å². The van der Waals surface area contributed by atoms with Gasteiger partial charge in [0, 0.05) is 10.6 Å². The highest BCUT2D eigenvalue weighted by Crippen LogP contribution is 2.25. The fraction of sp³-hybridized carbons (Fsp3) is 0.273. The van der Waals surface area contributed by atoms with Gasteiger partial charge in [0.2, 0.25) is 11.8 Å². The Morgan fingerprint density at radius 3 is 2.94 bits per heavy atom. The van der Waals surface area contributed by atoms with E-state index in [0.29, 0.717) is 23.3 Å². The molecule has 5 heteroatoms. The molecule has 16 heavy (non-hydrogen) atoms. The molecule has 0 amide bonds. The van der Waals surface area contributed by atoms with Gasteiger partial charge in [-0.05, 0) is 31.7 Å². The number of hydrogen-bond acceptors (Lipinski definition) is 4. The number of hydrogen-bond donors (Lipinski definition) is 1. The third-order valence-electron chi connectivity index (χ3n) is 2.22. The largest absolute Gasteiger partial charge is 0.419 e. The molecular weight excluding hydrogens is 226 g/mol. The smallest absolute Gasteiger partial charge is 0.248 e. The third kappa shape index (κ3) is 2.23. The summed E-state index contributed by atoms with van der Waals surface area (Å²) in [4.78, 5) is 0. The van der Waals surface area contributed by atoms with Gasteiger partial charge in [-0.3, -0.25) is 0 Å². The molecule has 0 fully saturated rings. The van der Waals surface area contributed by atoms with Gasteiger partial charge in [0.15, 0.2) is 0 Å². The maximum absolute atomic E-state index is 5.93. The molecular formula is C11H12ClN3O. The standard InChI is InChI=1S/C11H12ClN3O/c1-7-3-4-8(12)5-9(7)11-15-14-10(16-11)6-13-2/h3-5,13H,6H2,1-2H3. The van der Waals surface area contributed by atoms with Crippen molar-refractivity contribution in [3.05, 3.63) is 34.7 Å². The summed E-state index contributed by atoms with van der Waals surface area (Å²) < 4.78 is 5.50. The lowest BCUT2D eigenvalue weighted by atomic mass is 10.1. The number of benzene rings is 1. The van der Waals surface area contributed by atoms with Crippen molar-refractivity contribution in [1.82, 2.24) is 15.5 Å². The zero-order valence-corrected chi connectivity index (χ0v) is 9.88. The zero-order valence-electron chi connectivity index (χ0n) is 9.12. The van der Waals surface area contributed by atoms with Crippen molar-refractivity contribution in [3.8, 4) is 11.5 Å². The molecule has 0 spiro atoms. The minimum absolute atomic E-state index is 0.505. The van der Waals surface area contributed by atoms with Gasteiger partial charge in [-0.1, -0.05) is 17.7 Å². The molecule has 0 aliphatic heterocycles. The van der Waals surface area contributed by atoms with Crippen LogP contribution in [0, 0.1) is 6.92 Å². The molecule has 0 bridgehead atoms. The van der Waals surface area contributed by atoms with Crippen molar-refractivity contribution in [2.75, 3.05) is 7.05 Å². The first-order valence-corrected chi connectivity index (χ1v) is 5.32. The summed E-state index contributed by atoms with van der Waals surface area (Å²) in [6, 6.07) is 5.60. The third-order valence-corrected chi connectivity index (χ3v) is 2.46. The summed E-state index contributed by atoms with van der Waals surface area (Å²) in [6.45, 7) is 2.54. The lowest BCUT2D eigenvalue weighted by Gasteiger charge is -2.00. The van der Waals surface area contributed by atoms with E-state index in [1.165, 1.54) is 0 Å². The molecule has 1 heterocycles. The van der Waals surface area contributed by atoms with E-state index in [9.17, 15) is 0 Å². The average molecular weight is 238 g/mol. The van der Waals surface area contributed by atoms with Gasteiger partial charge in [-0.2, -0.15) is 0 Å². The fourth-order valence-electron chi connectivity index (χ4n) is 1.41. The van der Waals surface area contributed by atoms with Gasteiger partial charge < -0.3 is 9.73 Å². The molecule has 0 atom stereocenters. The average Bonchev–Trinajstić information content (AvgIpc) is 2.71. The van der Waals surface area contributed by atoms with Crippen LogP contribution in [0.2, 0.25) is 5.02 Å². The van der Waals surface area contributed by atoms with E-state index in [1.807, 2.05) is 32.2 Å². The molecule has 2 aromatic rings. The van der Waals surface area contributed by atoms with Crippen LogP contribution < -0.4 is 5.32 Å². The summed E-state index contributed by atoms with van der Waals surface area (Å²) >= 11 is 5.93. The van der Waals surface area contributed by atoms with Crippen molar-refractivity contribution in [2.24, 2.45) is 0 Å². The highest BCUT2D eigenvalue weighted by atomic mass is 35.5. The molecule has 0 aliphatic carbocycles. The van der Waals surface area contributed by atoms with E-state index in [-0.39, 0.29) is 0 Å². The Kier molecular flexibility index (Phi) is 3.22. The Bertz CT molecular complexity index is 496. The quantitative estimate of drug-likeness (QED) is 0.891. The predicted octanol–water partition coefficient (Wildman–Crippen LogP) is 2.42. The number of nitrogens with one attached hydrogen (secondary N) is 1. The van der Waals surface area contributed by atoms with E-state index in [2.05, 4.69) is 15.5 Å². The summed E-state index contributed by atoms with van der Waals surface area (Å²) in [6.07, 6.45) is 0. The van der Waals surface area contributed by atoms with Gasteiger partial charge in [0.1, 0.15) is 0 Å². The van der Waals surface area contributed by atoms with Crippen LogP contribution in [0.4, 0.5) is 0 Å². The minimum Gasteiger partial charge on any atom is -0.419 e. The topological polar surface area (TPSA) is 51.0 Å². The van der Waals surface area contributed by atoms with E-state index in [4.69, 9.17) is 16.0 Å². The molecule has 84 valence electrons. The van der Waals surface area contributed by atoms with Crippen LogP contribution in [0.15, 0.2) is 22.6 Å². The number of aromatic nitrogens is 2. The van der Waals surface area contributed by atoms with E-state index in [0.717, 1.165) is 11.1 Å². The Labute approximate surface area is 98.6 Å². The van der Waals surface area contributed by atoms with Crippen LogP contribution in [-0.2, 0) is 6.54 Å². The lowest BCUT2D eigenvalue weighted by molar-refractivity contribution is 0.490. The minimum atomic E-state index is 0.505. The molecule has 2 rings (SSSR count). The van der Waals surface area contributed by atoms with Crippen molar-refractivity contribution in [1.29, 1.82) is 0 Å². The number of aryl methyl sites for hydroxylation is 1. The second-order valence-electron chi connectivity index (χ2n) is 3.49. The van der Waals surface area contributed by atoms with E-state index < -0.39 is 0 Å². The van der Waals surface area contributed by atoms with Crippen LogP contribution in [0.1, 0.15) is 11.5 Å². The lowest BCUT2D eigenvalue weighted by Crippen LogP contribution is -2.04. The summed E-state index contributed by atoms with van der Waals surface area (Å²) in [5, 5.41) is 11.5. The monoisotopic (exact) mass is 237 g/mol. The second-order valence-corrected chi connectivity index (χ2v) is 3.93. The first-order chi connectivity index (χ1) is 7.70. The Hall–Kier alpha value is -1.39. The maximum atomic E-state index is 5.93. The Balaban J connectivity index is 2.38. The second kappa shape index (κ2) is 4.63. The van der Waals surface area contributed by atoms with Crippen LogP contribution in [0.25, 0.3) is 11.5 Å². The zero-order chi connectivity index (χ0) is 11.5. The van der Waals surface area contributed by atoms with Gasteiger partial charge >= 0.3 is 0 Å². The molecule has 0 unspecified atom stereocenters. The molecule has 1 N–H and O–H groups in total. The SMILES string of the molecule is CNCc1nnc(-c2cc(Cl)ccc2C)o1. The van der Waals surface area contributed by atoms with Crippen molar-refractivity contribution >= 4 is 11.6 Å².